The number of hydrogen-bond acceptors (Lipinski definition) is 5. The van der Waals surface area contributed by atoms with Crippen molar-refractivity contribution in [2.24, 2.45) is 0 Å². The van der Waals surface area contributed by atoms with E-state index in [1.165, 1.54) is 12.3 Å². The predicted molar refractivity (Wildman–Crippen MR) is 114 cm³/mol. The van der Waals surface area contributed by atoms with Gasteiger partial charge in [-0.05, 0) is 23.8 Å². The Morgan fingerprint density at radius 2 is 1.74 bits per heavy atom. The summed E-state index contributed by atoms with van der Waals surface area (Å²) >= 11 is 0. The lowest BCUT2D eigenvalue weighted by atomic mass is 10.1. The van der Waals surface area contributed by atoms with Crippen LogP contribution in [0.4, 0.5) is 0 Å². The second-order valence-corrected chi connectivity index (χ2v) is 6.97. The minimum Gasteiger partial charge on any atom is -0.459 e. The Morgan fingerprint density at radius 3 is 2.52 bits per heavy atom. The highest BCUT2D eigenvalue weighted by Crippen LogP contribution is 2.18. The van der Waals surface area contributed by atoms with Crippen LogP contribution in [0.3, 0.4) is 0 Å². The van der Waals surface area contributed by atoms with Gasteiger partial charge in [0, 0.05) is 29.1 Å². The number of furan rings is 1. The summed E-state index contributed by atoms with van der Waals surface area (Å²) in [5.41, 5.74) is 2.11. The Labute approximate surface area is 178 Å². The van der Waals surface area contributed by atoms with Gasteiger partial charge in [0.1, 0.15) is 6.04 Å². The van der Waals surface area contributed by atoms with Gasteiger partial charge in [-0.1, -0.05) is 48.5 Å². The van der Waals surface area contributed by atoms with Crippen LogP contribution < -0.4 is 5.32 Å². The molecule has 2 N–H and O–H groups in total. The number of carbonyl (C=O) groups excluding carboxylic acids is 3. The fourth-order valence-corrected chi connectivity index (χ4v) is 3.30. The van der Waals surface area contributed by atoms with Crippen molar-refractivity contribution in [2.75, 3.05) is 6.61 Å². The molecular formula is C24H20N2O5. The molecule has 0 aliphatic carbocycles. The van der Waals surface area contributed by atoms with Crippen molar-refractivity contribution in [1.82, 2.24) is 10.3 Å². The monoisotopic (exact) mass is 416 g/mol. The minimum atomic E-state index is -0.976. The van der Waals surface area contributed by atoms with Crippen LogP contribution in [-0.2, 0) is 16.0 Å². The van der Waals surface area contributed by atoms with E-state index in [1.807, 2.05) is 54.6 Å². The van der Waals surface area contributed by atoms with Gasteiger partial charge in [0.05, 0.1) is 6.26 Å². The van der Waals surface area contributed by atoms with Gasteiger partial charge in [0.2, 0.25) is 5.78 Å². The summed E-state index contributed by atoms with van der Waals surface area (Å²) in [7, 11) is 0. The van der Waals surface area contributed by atoms with Crippen molar-refractivity contribution >= 4 is 28.6 Å². The van der Waals surface area contributed by atoms with Crippen molar-refractivity contribution in [3.8, 4) is 0 Å². The number of H-pyrrole nitrogens is 1. The van der Waals surface area contributed by atoms with E-state index in [0.717, 1.165) is 16.5 Å². The van der Waals surface area contributed by atoms with Crippen molar-refractivity contribution in [2.45, 2.75) is 12.5 Å². The number of Topliss-reactive ketones (excluding diaryl/α,β-unsaturated/α-hetero) is 1. The molecule has 7 nitrogen and oxygen atoms in total. The highest BCUT2D eigenvalue weighted by molar-refractivity contribution is 6.09. The number of para-hydroxylation sites is 1. The maximum atomic E-state index is 12.8. The summed E-state index contributed by atoms with van der Waals surface area (Å²) in [6.07, 6.45) is 3.19. The van der Waals surface area contributed by atoms with E-state index < -0.39 is 24.5 Å². The summed E-state index contributed by atoms with van der Waals surface area (Å²) in [5, 5.41) is 3.39. The normalized spacial score (nSPS) is 11.7. The van der Waals surface area contributed by atoms with Gasteiger partial charge in [0.15, 0.2) is 12.4 Å². The van der Waals surface area contributed by atoms with Gasteiger partial charge in [-0.2, -0.15) is 0 Å². The fraction of sp³-hybridized carbons (Fsp3) is 0.125. The molecule has 4 rings (SSSR count). The molecule has 2 aromatic heterocycles. The number of ketones is 1. The first-order valence-corrected chi connectivity index (χ1v) is 9.76. The minimum absolute atomic E-state index is 0.0840. The van der Waals surface area contributed by atoms with Crippen molar-refractivity contribution in [3.05, 3.63) is 96.1 Å². The molecule has 0 aliphatic rings. The number of hydrogen-bond donors (Lipinski definition) is 2. The first-order valence-electron chi connectivity index (χ1n) is 9.76. The molecule has 0 saturated carbocycles. The largest absolute Gasteiger partial charge is 0.459 e. The smallest absolute Gasteiger partial charge is 0.329 e. The lowest BCUT2D eigenvalue weighted by Gasteiger charge is -2.17. The fourth-order valence-electron chi connectivity index (χ4n) is 3.30. The molecule has 0 bridgehead atoms. The molecule has 0 aliphatic heterocycles. The molecule has 1 atom stereocenters. The topological polar surface area (TPSA) is 101 Å². The molecule has 2 aromatic carbocycles. The average molecular weight is 416 g/mol. The van der Waals surface area contributed by atoms with Gasteiger partial charge in [-0.15, -0.1) is 0 Å². The SMILES string of the molecule is O=C(NC(Cc1ccccc1)C(=O)OCC(=O)c1c[nH]c2ccccc12)c1ccco1. The number of amides is 1. The zero-order chi connectivity index (χ0) is 21.6. The standard InChI is InChI=1S/C24H20N2O5/c27-21(18-14-25-19-10-5-4-9-17(18)19)15-31-24(29)20(13-16-7-2-1-3-8-16)26-23(28)22-11-6-12-30-22/h1-12,14,20,25H,13,15H2,(H,26,28). The molecular weight excluding hydrogens is 396 g/mol. The van der Waals surface area contributed by atoms with Gasteiger partial charge < -0.3 is 19.5 Å². The molecule has 31 heavy (non-hydrogen) atoms. The summed E-state index contributed by atoms with van der Waals surface area (Å²) in [5.74, 6) is -1.48. The Balaban J connectivity index is 1.45. The van der Waals surface area contributed by atoms with Crippen LogP contribution in [0.2, 0.25) is 0 Å². The highest BCUT2D eigenvalue weighted by Gasteiger charge is 2.25. The predicted octanol–water partition coefficient (Wildman–Crippen LogP) is 3.53. The van der Waals surface area contributed by atoms with Crippen LogP contribution in [0.5, 0.6) is 0 Å². The number of rotatable bonds is 8. The van der Waals surface area contributed by atoms with E-state index in [4.69, 9.17) is 9.15 Å². The molecule has 0 radical (unpaired) electrons. The maximum Gasteiger partial charge on any atom is 0.329 e. The quantitative estimate of drug-likeness (QED) is 0.338. The lowest BCUT2D eigenvalue weighted by molar-refractivity contribution is -0.144. The molecule has 0 fully saturated rings. The van der Waals surface area contributed by atoms with Gasteiger partial charge in [-0.3, -0.25) is 9.59 Å². The number of ether oxygens (including phenoxy) is 1. The van der Waals surface area contributed by atoms with Crippen LogP contribution in [-0.4, -0.2) is 35.3 Å². The van der Waals surface area contributed by atoms with Crippen LogP contribution in [0.25, 0.3) is 10.9 Å². The van der Waals surface area contributed by atoms with Gasteiger partial charge in [0.25, 0.3) is 5.91 Å². The Morgan fingerprint density at radius 1 is 0.968 bits per heavy atom. The molecule has 0 spiro atoms. The third-order valence-electron chi connectivity index (χ3n) is 4.85. The molecule has 4 aromatic rings. The van der Waals surface area contributed by atoms with Crippen LogP contribution in [0.1, 0.15) is 26.5 Å². The summed E-state index contributed by atoms with van der Waals surface area (Å²) < 4.78 is 10.4. The molecule has 1 unspecified atom stereocenters. The van der Waals surface area contributed by atoms with E-state index in [-0.39, 0.29) is 18.0 Å². The number of nitrogens with one attached hydrogen (secondary N) is 2. The van der Waals surface area contributed by atoms with E-state index in [0.29, 0.717) is 5.56 Å². The van der Waals surface area contributed by atoms with Crippen molar-refractivity contribution < 1.29 is 23.5 Å². The number of aromatic nitrogens is 1. The number of esters is 1. The second kappa shape index (κ2) is 9.13. The van der Waals surface area contributed by atoms with Crippen LogP contribution >= 0.6 is 0 Å². The Kier molecular flexibility index (Phi) is 5.93. The maximum absolute atomic E-state index is 12.8. The Hall–Kier alpha value is -4.13. The first kappa shape index (κ1) is 20.2. The molecule has 0 saturated heterocycles. The molecule has 2 heterocycles. The summed E-state index contributed by atoms with van der Waals surface area (Å²) in [6.45, 7) is -0.428. The first-order chi connectivity index (χ1) is 15.1. The number of benzene rings is 2. The molecule has 1 amide bonds. The highest BCUT2D eigenvalue weighted by atomic mass is 16.5. The third-order valence-corrected chi connectivity index (χ3v) is 4.85. The van der Waals surface area contributed by atoms with E-state index in [1.54, 1.807) is 12.3 Å². The van der Waals surface area contributed by atoms with Crippen LogP contribution in [0, 0.1) is 0 Å². The third kappa shape index (κ3) is 4.72. The zero-order valence-electron chi connectivity index (χ0n) is 16.5. The van der Waals surface area contributed by atoms with Gasteiger partial charge in [-0.25, -0.2) is 4.79 Å². The van der Waals surface area contributed by atoms with Crippen molar-refractivity contribution in [3.63, 3.8) is 0 Å². The number of carbonyl (C=O) groups is 3. The Bertz CT molecular complexity index is 1200. The average Bonchev–Trinajstić information content (AvgIpc) is 3.48. The lowest BCUT2D eigenvalue weighted by Crippen LogP contribution is -2.43. The van der Waals surface area contributed by atoms with Crippen LogP contribution in [0.15, 0.2) is 83.6 Å². The summed E-state index contributed by atoms with van der Waals surface area (Å²) in [6, 6.07) is 18.7. The number of fused-ring (bicyclic) bond motifs is 1. The molecule has 7 heteroatoms. The summed E-state index contributed by atoms with van der Waals surface area (Å²) in [4.78, 5) is 40.8. The molecule has 156 valence electrons. The van der Waals surface area contributed by atoms with Gasteiger partial charge >= 0.3 is 5.97 Å². The van der Waals surface area contributed by atoms with E-state index in [9.17, 15) is 14.4 Å². The van der Waals surface area contributed by atoms with E-state index >= 15 is 0 Å². The van der Waals surface area contributed by atoms with Crippen molar-refractivity contribution in [1.29, 1.82) is 0 Å². The second-order valence-electron chi connectivity index (χ2n) is 6.97. The van der Waals surface area contributed by atoms with E-state index in [2.05, 4.69) is 10.3 Å². The number of aromatic amines is 1. The zero-order valence-corrected chi connectivity index (χ0v) is 16.5.